The van der Waals surface area contributed by atoms with Crippen molar-refractivity contribution in [2.24, 2.45) is 0 Å². The topological polar surface area (TPSA) is 39.2 Å². The van der Waals surface area contributed by atoms with Crippen molar-refractivity contribution in [2.75, 3.05) is 6.61 Å². The average molecular weight is 249 g/mol. The lowest BCUT2D eigenvalue weighted by Gasteiger charge is -2.12. The van der Waals surface area contributed by atoms with E-state index in [1.807, 2.05) is 6.08 Å². The number of ketones is 1. The van der Waals surface area contributed by atoms with Gasteiger partial charge >= 0.3 is 0 Å². The number of carbonyl (C=O) groups is 1. The van der Waals surface area contributed by atoms with Gasteiger partial charge in [-0.2, -0.15) is 0 Å². The number of halogens is 1. The van der Waals surface area contributed by atoms with Crippen LogP contribution in [0.5, 0.6) is 5.88 Å². The molecule has 0 atom stereocenters. The Bertz CT molecular complexity index is 483. The van der Waals surface area contributed by atoms with Crippen LogP contribution in [0.1, 0.15) is 43.0 Å². The molecule has 0 aromatic carbocycles. The van der Waals surface area contributed by atoms with Crippen molar-refractivity contribution in [3.05, 3.63) is 35.3 Å². The maximum Gasteiger partial charge on any atom is 0.251 e. The van der Waals surface area contributed by atoms with E-state index in [0.717, 1.165) is 25.7 Å². The second-order valence-corrected chi connectivity index (χ2v) is 4.21. The van der Waals surface area contributed by atoms with Crippen LogP contribution in [0.25, 0.3) is 0 Å². The van der Waals surface area contributed by atoms with E-state index in [-0.39, 0.29) is 17.2 Å². The first-order valence-electron chi connectivity index (χ1n) is 6.25. The Hall–Kier alpha value is -1.71. The average Bonchev–Trinajstić information content (AvgIpc) is 2.42. The van der Waals surface area contributed by atoms with Gasteiger partial charge in [0.25, 0.3) is 5.88 Å². The van der Waals surface area contributed by atoms with E-state index in [4.69, 9.17) is 4.74 Å². The van der Waals surface area contributed by atoms with E-state index in [1.54, 1.807) is 6.92 Å². The Morgan fingerprint density at radius 2 is 2.33 bits per heavy atom. The normalized spacial score (nSPS) is 15.1. The number of carbonyl (C=O) groups excluding carboxylic acids is 1. The molecule has 1 aliphatic carbocycles. The van der Waals surface area contributed by atoms with Crippen molar-refractivity contribution in [1.29, 1.82) is 0 Å². The molecule has 1 aromatic rings. The molecule has 0 saturated carbocycles. The van der Waals surface area contributed by atoms with Gasteiger partial charge in [-0.1, -0.05) is 6.08 Å². The van der Waals surface area contributed by atoms with Gasteiger partial charge in [-0.3, -0.25) is 4.79 Å². The minimum atomic E-state index is -0.657. The summed E-state index contributed by atoms with van der Waals surface area (Å²) >= 11 is 0. The summed E-state index contributed by atoms with van der Waals surface area (Å²) in [7, 11) is 0. The Morgan fingerprint density at radius 1 is 1.50 bits per heavy atom. The molecule has 0 fully saturated rings. The lowest BCUT2D eigenvalue weighted by atomic mass is 9.93. The van der Waals surface area contributed by atoms with Crippen LogP contribution in [0, 0.1) is 5.82 Å². The van der Waals surface area contributed by atoms with Gasteiger partial charge < -0.3 is 4.74 Å². The number of Topliss-reactive ketones (excluding diaryl/α,β-unsaturated/α-hetero) is 1. The van der Waals surface area contributed by atoms with Crippen molar-refractivity contribution in [1.82, 2.24) is 4.98 Å². The molecule has 96 valence electrons. The molecule has 3 nitrogen and oxygen atoms in total. The summed E-state index contributed by atoms with van der Waals surface area (Å²) in [5, 5.41) is 0. The fraction of sp³-hybridized carbons (Fsp3) is 0.429. The summed E-state index contributed by atoms with van der Waals surface area (Å²) in [6.07, 6.45) is 7.02. The summed E-state index contributed by atoms with van der Waals surface area (Å²) in [6.45, 7) is 2.07. The first-order chi connectivity index (χ1) is 8.74. The van der Waals surface area contributed by atoms with Crippen LogP contribution in [0.2, 0.25) is 0 Å². The molecule has 1 heterocycles. The summed E-state index contributed by atoms with van der Waals surface area (Å²) < 4.78 is 19.1. The van der Waals surface area contributed by atoms with Crippen LogP contribution >= 0.6 is 0 Å². The molecule has 0 spiro atoms. The first kappa shape index (κ1) is 12.7. The van der Waals surface area contributed by atoms with E-state index in [9.17, 15) is 9.18 Å². The highest BCUT2D eigenvalue weighted by Gasteiger charge is 2.20. The molecule has 4 heteroatoms. The number of hydrogen-bond donors (Lipinski definition) is 0. The lowest BCUT2D eigenvalue weighted by Crippen LogP contribution is -2.10. The van der Waals surface area contributed by atoms with Gasteiger partial charge in [0.1, 0.15) is 0 Å². The van der Waals surface area contributed by atoms with E-state index < -0.39 is 5.82 Å². The van der Waals surface area contributed by atoms with Crippen LogP contribution in [0.15, 0.2) is 23.9 Å². The largest absolute Gasteiger partial charge is 0.476 e. The molecule has 0 unspecified atom stereocenters. The molecule has 0 amide bonds. The van der Waals surface area contributed by atoms with Gasteiger partial charge in [-0.15, -0.1) is 0 Å². The number of allylic oxidation sites excluding steroid dienone is 2. The van der Waals surface area contributed by atoms with Gasteiger partial charge in [0.05, 0.1) is 12.2 Å². The van der Waals surface area contributed by atoms with Crippen LogP contribution in [0.4, 0.5) is 4.39 Å². The zero-order valence-electron chi connectivity index (χ0n) is 10.4. The molecule has 18 heavy (non-hydrogen) atoms. The maximum atomic E-state index is 14.0. The Labute approximate surface area is 106 Å². The number of rotatable bonds is 4. The van der Waals surface area contributed by atoms with Gasteiger partial charge in [0, 0.05) is 6.20 Å². The van der Waals surface area contributed by atoms with Crippen molar-refractivity contribution < 1.29 is 13.9 Å². The van der Waals surface area contributed by atoms with Crippen molar-refractivity contribution in [2.45, 2.75) is 32.6 Å². The number of aromatic nitrogens is 1. The first-order valence-corrected chi connectivity index (χ1v) is 6.25. The highest BCUT2D eigenvalue weighted by Crippen LogP contribution is 2.25. The molecular weight excluding hydrogens is 233 g/mol. The minimum Gasteiger partial charge on any atom is -0.476 e. The number of hydrogen-bond acceptors (Lipinski definition) is 3. The van der Waals surface area contributed by atoms with Crippen LogP contribution in [-0.4, -0.2) is 17.4 Å². The Kier molecular flexibility index (Phi) is 4.07. The standard InChI is InChI=1S/C14H16FNO2/c1-2-18-14-12(15)11(8-9-16-14)13(17)10-6-4-3-5-7-10/h6,8-9H,2-5,7H2,1H3. The Morgan fingerprint density at radius 3 is 3.00 bits per heavy atom. The fourth-order valence-electron chi connectivity index (χ4n) is 2.05. The van der Waals surface area contributed by atoms with Gasteiger partial charge in [-0.25, -0.2) is 9.37 Å². The van der Waals surface area contributed by atoms with Gasteiger partial charge in [0.2, 0.25) is 0 Å². The third kappa shape index (κ3) is 2.58. The molecule has 0 bridgehead atoms. The van der Waals surface area contributed by atoms with Crippen LogP contribution in [-0.2, 0) is 0 Å². The summed E-state index contributed by atoms with van der Waals surface area (Å²) in [5.74, 6) is -0.994. The summed E-state index contributed by atoms with van der Waals surface area (Å²) in [4.78, 5) is 16.0. The van der Waals surface area contributed by atoms with Crippen LogP contribution < -0.4 is 4.74 Å². The van der Waals surface area contributed by atoms with Crippen molar-refractivity contribution >= 4 is 5.78 Å². The quantitative estimate of drug-likeness (QED) is 0.768. The molecule has 0 aliphatic heterocycles. The summed E-state index contributed by atoms with van der Waals surface area (Å²) in [5.41, 5.74) is 0.760. The van der Waals surface area contributed by atoms with E-state index in [1.165, 1.54) is 12.3 Å². The van der Waals surface area contributed by atoms with E-state index >= 15 is 0 Å². The number of pyridine rings is 1. The molecule has 0 saturated heterocycles. The predicted octanol–water partition coefficient (Wildman–Crippen LogP) is 3.30. The van der Waals surface area contributed by atoms with Crippen molar-refractivity contribution in [3.63, 3.8) is 0 Å². The molecule has 1 aliphatic rings. The zero-order chi connectivity index (χ0) is 13.0. The lowest BCUT2D eigenvalue weighted by molar-refractivity contribution is 0.102. The molecule has 0 N–H and O–H groups in total. The monoisotopic (exact) mass is 249 g/mol. The van der Waals surface area contributed by atoms with Gasteiger partial charge in [-0.05, 0) is 44.2 Å². The fourth-order valence-corrected chi connectivity index (χ4v) is 2.05. The highest BCUT2D eigenvalue weighted by atomic mass is 19.1. The molecular formula is C14H16FNO2. The van der Waals surface area contributed by atoms with E-state index in [2.05, 4.69) is 4.98 Å². The second kappa shape index (κ2) is 5.76. The maximum absolute atomic E-state index is 14.0. The second-order valence-electron chi connectivity index (χ2n) is 4.21. The Balaban J connectivity index is 2.30. The predicted molar refractivity (Wildman–Crippen MR) is 66.2 cm³/mol. The van der Waals surface area contributed by atoms with Crippen LogP contribution in [0.3, 0.4) is 0 Å². The third-order valence-corrected chi connectivity index (χ3v) is 2.97. The molecule has 1 aromatic heterocycles. The van der Waals surface area contributed by atoms with Crippen molar-refractivity contribution in [3.8, 4) is 5.88 Å². The molecule has 2 rings (SSSR count). The minimum absolute atomic E-state index is 0.0570. The number of nitrogens with zero attached hydrogens (tertiary/aromatic N) is 1. The number of ether oxygens (including phenoxy) is 1. The summed E-state index contributed by atoms with van der Waals surface area (Å²) in [6, 6.07) is 1.41. The SMILES string of the molecule is CCOc1nccc(C(=O)C2=CCCCC2)c1F. The third-order valence-electron chi connectivity index (χ3n) is 2.97. The smallest absolute Gasteiger partial charge is 0.251 e. The van der Waals surface area contributed by atoms with E-state index in [0.29, 0.717) is 12.2 Å². The molecule has 0 radical (unpaired) electrons. The van der Waals surface area contributed by atoms with Gasteiger partial charge in [0.15, 0.2) is 11.6 Å². The highest BCUT2D eigenvalue weighted by molar-refractivity contribution is 6.09. The zero-order valence-corrected chi connectivity index (χ0v) is 10.4.